The van der Waals surface area contributed by atoms with Gasteiger partial charge in [0, 0.05) is 34.7 Å². The molecule has 1 N–H and O–H groups in total. The van der Waals surface area contributed by atoms with Gasteiger partial charge in [0.2, 0.25) is 0 Å². The van der Waals surface area contributed by atoms with Crippen molar-refractivity contribution < 1.29 is 4.79 Å². The number of thiol groups is 1. The fourth-order valence-electron chi connectivity index (χ4n) is 2.45. The zero-order valence-corrected chi connectivity index (χ0v) is 12.1. The highest BCUT2D eigenvalue weighted by Crippen LogP contribution is 2.30. The van der Waals surface area contributed by atoms with Gasteiger partial charge in [-0.1, -0.05) is 11.6 Å². The second-order valence-electron chi connectivity index (χ2n) is 4.61. The number of allylic oxidation sites excluding steroid dienone is 1. The molecule has 0 saturated carbocycles. The van der Waals surface area contributed by atoms with Crippen molar-refractivity contribution in [2.45, 2.75) is 13.5 Å². The van der Waals surface area contributed by atoms with Gasteiger partial charge in [-0.05, 0) is 36.8 Å². The summed E-state index contributed by atoms with van der Waals surface area (Å²) in [5.41, 5.74) is 3.03. The fraction of sp³-hybridized carbons (Fsp3) is 0.214. The summed E-state index contributed by atoms with van der Waals surface area (Å²) in [6.07, 6.45) is 0. The molecule has 98 valence electrons. The van der Waals surface area contributed by atoms with Gasteiger partial charge in [0.1, 0.15) is 0 Å². The topological polar surface area (TPSA) is 34.0 Å². The molecule has 1 aliphatic heterocycles. The minimum Gasteiger partial charge on any atom is -0.350 e. The third-order valence-corrected chi connectivity index (χ3v) is 4.21. The number of carbonyl (C=O) groups excluding carboxylic acids is 1. The number of benzene rings is 1. The molecule has 2 aromatic rings. The van der Waals surface area contributed by atoms with Crippen LogP contribution in [-0.2, 0) is 11.3 Å². The molecule has 3 nitrogen and oxygen atoms in total. The van der Waals surface area contributed by atoms with Gasteiger partial charge in [0.25, 0.3) is 5.91 Å². The van der Waals surface area contributed by atoms with Gasteiger partial charge in [-0.25, -0.2) is 0 Å². The Bertz CT molecular complexity index is 718. The van der Waals surface area contributed by atoms with Crippen molar-refractivity contribution in [3.05, 3.63) is 39.9 Å². The minimum atomic E-state index is -0.115. The molecule has 0 atom stereocenters. The van der Waals surface area contributed by atoms with Crippen molar-refractivity contribution in [3.8, 4) is 0 Å². The Labute approximate surface area is 121 Å². The number of nitrogens with one attached hydrogen (secondary N) is 1. The molecular weight excluding hydrogens is 280 g/mol. The molecule has 0 bridgehead atoms. The molecule has 0 aliphatic carbocycles. The van der Waals surface area contributed by atoms with Crippen LogP contribution in [0.3, 0.4) is 0 Å². The first-order chi connectivity index (χ1) is 9.08. The zero-order valence-electron chi connectivity index (χ0n) is 10.4. The van der Waals surface area contributed by atoms with Crippen molar-refractivity contribution in [1.29, 1.82) is 0 Å². The standard InChI is InChI=1S/C14H13ClN2OS/c1-8-12-7-9-6-10(15)2-3-11(9)17(12)5-4-16-14(18)13(8)19/h2-3,6-7,19H,4-5H2,1H3,(H,16,18)/b13-8+. The lowest BCUT2D eigenvalue weighted by atomic mass is 10.1. The van der Waals surface area contributed by atoms with Crippen LogP contribution in [0.15, 0.2) is 29.2 Å². The summed E-state index contributed by atoms with van der Waals surface area (Å²) < 4.78 is 2.19. The van der Waals surface area contributed by atoms with E-state index in [9.17, 15) is 4.79 Å². The van der Waals surface area contributed by atoms with Crippen molar-refractivity contribution in [3.63, 3.8) is 0 Å². The molecule has 3 rings (SSSR count). The molecule has 5 heteroatoms. The SMILES string of the molecule is C/C1=C(\S)C(=O)NCCn2c1cc1cc(Cl)ccc12. The lowest BCUT2D eigenvalue weighted by molar-refractivity contribution is -0.116. The molecule has 0 radical (unpaired) electrons. The maximum atomic E-state index is 11.8. The van der Waals surface area contributed by atoms with Gasteiger partial charge >= 0.3 is 0 Å². The van der Waals surface area contributed by atoms with Gasteiger partial charge in [0.15, 0.2) is 0 Å². The number of hydrogen-bond acceptors (Lipinski definition) is 2. The number of aromatic nitrogens is 1. The number of nitrogens with zero attached hydrogens (tertiary/aromatic N) is 1. The van der Waals surface area contributed by atoms with Crippen molar-refractivity contribution in [2.24, 2.45) is 0 Å². The van der Waals surface area contributed by atoms with Crippen LogP contribution in [0.2, 0.25) is 5.02 Å². The molecule has 0 fully saturated rings. The molecule has 1 aromatic carbocycles. The predicted molar refractivity (Wildman–Crippen MR) is 81.5 cm³/mol. The molecule has 19 heavy (non-hydrogen) atoms. The monoisotopic (exact) mass is 292 g/mol. The van der Waals surface area contributed by atoms with E-state index in [1.165, 1.54) is 0 Å². The van der Waals surface area contributed by atoms with Crippen LogP contribution in [0.25, 0.3) is 16.5 Å². The summed E-state index contributed by atoms with van der Waals surface area (Å²) in [6, 6.07) is 7.89. The highest BCUT2D eigenvalue weighted by Gasteiger charge is 2.18. The highest BCUT2D eigenvalue weighted by molar-refractivity contribution is 7.85. The van der Waals surface area contributed by atoms with E-state index in [4.69, 9.17) is 11.6 Å². The average Bonchev–Trinajstić information content (AvgIpc) is 2.73. The first-order valence-electron chi connectivity index (χ1n) is 6.05. The largest absolute Gasteiger partial charge is 0.350 e. The van der Waals surface area contributed by atoms with E-state index in [0.29, 0.717) is 16.5 Å². The maximum absolute atomic E-state index is 11.8. The minimum absolute atomic E-state index is 0.115. The molecule has 1 aliphatic rings. The molecule has 1 amide bonds. The summed E-state index contributed by atoms with van der Waals surface area (Å²) in [5.74, 6) is -0.115. The number of amides is 1. The summed E-state index contributed by atoms with van der Waals surface area (Å²) in [5, 5.41) is 4.65. The predicted octanol–water partition coefficient (Wildman–Crippen LogP) is 3.09. The zero-order chi connectivity index (χ0) is 13.6. The quantitative estimate of drug-likeness (QED) is 0.719. The van der Waals surface area contributed by atoms with E-state index < -0.39 is 0 Å². The van der Waals surface area contributed by atoms with Gasteiger partial charge in [0.05, 0.1) is 4.91 Å². The van der Waals surface area contributed by atoms with Crippen molar-refractivity contribution in [2.75, 3.05) is 6.54 Å². The Kier molecular flexibility index (Phi) is 3.07. The highest BCUT2D eigenvalue weighted by atomic mass is 35.5. The normalized spacial score (nSPS) is 19.8. The first kappa shape index (κ1) is 12.6. The van der Waals surface area contributed by atoms with Crippen LogP contribution in [0.1, 0.15) is 12.6 Å². The number of rotatable bonds is 0. The van der Waals surface area contributed by atoms with Crippen LogP contribution < -0.4 is 5.32 Å². The first-order valence-corrected chi connectivity index (χ1v) is 6.87. The molecule has 0 unspecified atom stereocenters. The van der Waals surface area contributed by atoms with E-state index in [2.05, 4.69) is 28.6 Å². The number of fused-ring (bicyclic) bond motifs is 3. The van der Waals surface area contributed by atoms with Crippen LogP contribution in [0.5, 0.6) is 0 Å². The van der Waals surface area contributed by atoms with Crippen LogP contribution in [0.4, 0.5) is 0 Å². The van der Waals surface area contributed by atoms with Crippen LogP contribution >= 0.6 is 24.2 Å². The average molecular weight is 293 g/mol. The lowest BCUT2D eigenvalue weighted by Gasteiger charge is -2.17. The van der Waals surface area contributed by atoms with E-state index in [0.717, 1.165) is 28.7 Å². The maximum Gasteiger partial charge on any atom is 0.257 e. The molecule has 1 aromatic heterocycles. The van der Waals surface area contributed by atoms with Crippen LogP contribution in [0, 0.1) is 0 Å². The lowest BCUT2D eigenvalue weighted by Crippen LogP contribution is -2.29. The molecule has 0 spiro atoms. The number of carbonyl (C=O) groups is 1. The fourth-order valence-corrected chi connectivity index (χ4v) is 2.82. The van der Waals surface area contributed by atoms with E-state index in [1.54, 1.807) is 0 Å². The van der Waals surface area contributed by atoms with Crippen LogP contribution in [-0.4, -0.2) is 17.0 Å². The molecular formula is C14H13ClN2OS. The summed E-state index contributed by atoms with van der Waals surface area (Å²) in [4.78, 5) is 12.2. The molecule has 0 saturated heterocycles. The Morgan fingerprint density at radius 3 is 2.95 bits per heavy atom. The van der Waals surface area contributed by atoms with Gasteiger partial charge in [-0.2, -0.15) is 0 Å². The Morgan fingerprint density at radius 2 is 2.16 bits per heavy atom. The molecule has 2 heterocycles. The summed E-state index contributed by atoms with van der Waals surface area (Å²) in [7, 11) is 0. The Morgan fingerprint density at radius 1 is 1.37 bits per heavy atom. The van der Waals surface area contributed by atoms with Gasteiger partial charge in [-0.3, -0.25) is 4.79 Å². The van der Waals surface area contributed by atoms with E-state index in [1.807, 2.05) is 25.1 Å². The summed E-state index contributed by atoms with van der Waals surface area (Å²) >= 11 is 10.4. The van der Waals surface area contributed by atoms with Crippen molar-refractivity contribution in [1.82, 2.24) is 9.88 Å². The smallest absolute Gasteiger partial charge is 0.257 e. The second-order valence-corrected chi connectivity index (χ2v) is 5.50. The summed E-state index contributed by atoms with van der Waals surface area (Å²) in [6.45, 7) is 3.25. The van der Waals surface area contributed by atoms with Gasteiger partial charge < -0.3 is 9.88 Å². The Balaban J connectivity index is 2.31. The third-order valence-electron chi connectivity index (χ3n) is 3.44. The van der Waals surface area contributed by atoms with E-state index >= 15 is 0 Å². The second kappa shape index (κ2) is 4.62. The Hall–Kier alpha value is -1.39. The number of hydrogen-bond donors (Lipinski definition) is 2. The van der Waals surface area contributed by atoms with Gasteiger partial charge in [-0.15, -0.1) is 12.6 Å². The van der Waals surface area contributed by atoms with E-state index in [-0.39, 0.29) is 5.91 Å². The number of halogens is 1. The third kappa shape index (κ3) is 2.05. The van der Waals surface area contributed by atoms with Crippen molar-refractivity contribution >= 4 is 46.6 Å².